The van der Waals surface area contributed by atoms with E-state index in [9.17, 15) is 0 Å². The van der Waals surface area contributed by atoms with E-state index in [2.05, 4.69) is 31.0 Å². The molecule has 4 nitrogen and oxygen atoms in total. The highest BCUT2D eigenvalue weighted by Crippen LogP contribution is 2.42. The zero-order valence-electron chi connectivity index (χ0n) is 23.2. The first-order valence-corrected chi connectivity index (χ1v) is 15.5. The largest absolute Gasteiger partial charge is 0.412 e. The number of nitrogens with zero attached hydrogens (tertiary/aromatic N) is 1. The fourth-order valence-corrected chi connectivity index (χ4v) is 8.37. The Morgan fingerprint density at radius 3 is 1.97 bits per heavy atom. The van der Waals surface area contributed by atoms with E-state index in [1.807, 2.05) is 0 Å². The van der Waals surface area contributed by atoms with Gasteiger partial charge in [-0.15, -0.1) is 11.6 Å². The van der Waals surface area contributed by atoms with Crippen LogP contribution in [0.2, 0.25) is 0 Å². The highest BCUT2D eigenvalue weighted by Gasteiger charge is 2.33. The van der Waals surface area contributed by atoms with Gasteiger partial charge < -0.3 is 21.2 Å². The third-order valence-electron chi connectivity index (χ3n) is 10.4. The van der Waals surface area contributed by atoms with Crippen LogP contribution >= 0.6 is 11.6 Å². The van der Waals surface area contributed by atoms with Gasteiger partial charge in [0, 0.05) is 18.0 Å². The quantitative estimate of drug-likeness (QED) is 0.397. The van der Waals surface area contributed by atoms with Gasteiger partial charge in [-0.1, -0.05) is 52.9 Å². The molecular weight excluding hydrogens is 456 g/mol. The molecule has 4 rings (SSSR count). The van der Waals surface area contributed by atoms with Crippen LogP contribution < -0.4 is 5.32 Å². The number of halogens is 1. The lowest BCUT2D eigenvalue weighted by molar-refractivity contribution is 0.108. The fourth-order valence-electron chi connectivity index (χ4n) is 8.12. The normalized spacial score (nSPS) is 36.3. The molecule has 0 bridgehead atoms. The maximum Gasteiger partial charge on any atom is 0.0336 e. The van der Waals surface area contributed by atoms with E-state index >= 15 is 0 Å². The van der Waals surface area contributed by atoms with Crippen LogP contribution in [0, 0.1) is 41.4 Å². The Labute approximate surface area is 222 Å². The molecule has 3 aliphatic carbocycles. The number of hydrogen-bond donors (Lipinski definition) is 1. The molecule has 5 heteroatoms. The predicted octanol–water partition coefficient (Wildman–Crippen LogP) is 6.09. The average molecular weight is 515 g/mol. The predicted molar refractivity (Wildman–Crippen MR) is 151 cm³/mol. The lowest BCUT2D eigenvalue weighted by atomic mass is 9.68. The zero-order chi connectivity index (χ0) is 23.2. The maximum absolute atomic E-state index is 6.35. The van der Waals surface area contributed by atoms with Gasteiger partial charge in [0.25, 0.3) is 0 Å². The minimum absolute atomic E-state index is 0. The number of nitrogens with one attached hydrogen (secondary N) is 1. The van der Waals surface area contributed by atoms with Gasteiger partial charge in [-0.2, -0.15) is 0 Å². The van der Waals surface area contributed by atoms with Crippen LogP contribution in [0.25, 0.3) is 0 Å². The molecule has 0 spiro atoms. The van der Waals surface area contributed by atoms with Crippen molar-refractivity contribution in [1.82, 2.24) is 10.2 Å². The van der Waals surface area contributed by atoms with Crippen LogP contribution in [0.4, 0.5) is 0 Å². The first kappa shape index (κ1) is 31.3. The van der Waals surface area contributed by atoms with E-state index in [1.165, 1.54) is 116 Å². The van der Waals surface area contributed by atoms with Crippen molar-refractivity contribution in [3.05, 3.63) is 0 Å². The lowest BCUT2D eigenvalue weighted by Crippen LogP contribution is -2.48. The highest BCUT2D eigenvalue weighted by molar-refractivity contribution is 6.20. The van der Waals surface area contributed by atoms with Crippen molar-refractivity contribution in [2.45, 2.75) is 122 Å². The van der Waals surface area contributed by atoms with Crippen molar-refractivity contribution in [2.24, 2.45) is 41.4 Å². The van der Waals surface area contributed by atoms with Crippen molar-refractivity contribution in [3.63, 3.8) is 0 Å². The van der Waals surface area contributed by atoms with Gasteiger partial charge >= 0.3 is 0 Å². The van der Waals surface area contributed by atoms with E-state index in [0.717, 1.165) is 41.4 Å². The van der Waals surface area contributed by atoms with Crippen LogP contribution in [0.3, 0.4) is 0 Å². The molecule has 5 N–H and O–H groups in total. The summed E-state index contributed by atoms with van der Waals surface area (Å²) in [5.74, 6) is 6.62. The van der Waals surface area contributed by atoms with Crippen molar-refractivity contribution in [1.29, 1.82) is 0 Å². The van der Waals surface area contributed by atoms with E-state index in [-0.39, 0.29) is 11.0 Å². The van der Waals surface area contributed by atoms with Gasteiger partial charge in [-0.05, 0) is 119 Å². The number of hydrogen-bond acceptors (Lipinski definition) is 2. The van der Waals surface area contributed by atoms with E-state index in [4.69, 9.17) is 11.6 Å². The number of rotatable bonds is 8. The molecule has 0 aromatic carbocycles. The van der Waals surface area contributed by atoms with Crippen molar-refractivity contribution >= 4 is 11.6 Å². The van der Waals surface area contributed by atoms with Gasteiger partial charge in [0.05, 0.1) is 0 Å². The second-order valence-corrected chi connectivity index (χ2v) is 13.9. The maximum atomic E-state index is 6.35. The van der Waals surface area contributed by atoms with Gasteiger partial charge in [0.15, 0.2) is 0 Å². The Morgan fingerprint density at radius 1 is 0.743 bits per heavy atom. The van der Waals surface area contributed by atoms with Crippen LogP contribution in [-0.2, 0) is 0 Å². The molecule has 4 unspecified atom stereocenters. The molecule has 208 valence electrons. The van der Waals surface area contributed by atoms with E-state index in [1.54, 1.807) is 0 Å². The molecule has 0 aromatic heterocycles. The second kappa shape index (κ2) is 15.5. The van der Waals surface area contributed by atoms with Crippen LogP contribution in [0.5, 0.6) is 0 Å². The lowest BCUT2D eigenvalue weighted by Gasteiger charge is -2.41. The molecule has 5 atom stereocenters. The summed E-state index contributed by atoms with van der Waals surface area (Å²) in [5.41, 5.74) is 0. The third kappa shape index (κ3) is 9.43. The highest BCUT2D eigenvalue weighted by atomic mass is 35.5. The smallest absolute Gasteiger partial charge is 0.0336 e. The summed E-state index contributed by atoms with van der Waals surface area (Å²) in [5, 5.41) is 4.55. The Morgan fingerprint density at radius 2 is 1.34 bits per heavy atom. The molecule has 0 amide bonds. The first-order valence-electron chi connectivity index (χ1n) is 15.1. The summed E-state index contributed by atoms with van der Waals surface area (Å²) in [4.78, 5) is 2.79. The molecule has 0 radical (unpaired) electrons. The van der Waals surface area contributed by atoms with E-state index < -0.39 is 0 Å². The summed E-state index contributed by atoms with van der Waals surface area (Å²) >= 11 is 6.35. The summed E-state index contributed by atoms with van der Waals surface area (Å²) in [6.07, 6.45) is 20.1. The van der Waals surface area contributed by atoms with E-state index in [0.29, 0.717) is 11.4 Å². The third-order valence-corrected chi connectivity index (χ3v) is 10.8. The van der Waals surface area contributed by atoms with Gasteiger partial charge in [0.1, 0.15) is 0 Å². The summed E-state index contributed by atoms with van der Waals surface area (Å²) < 4.78 is 0. The Bertz CT molecular complexity index is 561. The number of alkyl halides is 1. The molecule has 4 aliphatic rings. The summed E-state index contributed by atoms with van der Waals surface area (Å²) in [6.45, 7) is 12.5. The molecule has 0 aromatic rings. The Hall–Kier alpha value is 0.130. The SMILES string of the molecule is CC1CCCC(C2CCCC(CN[C@@H](CN3CCC(C4CCC(Cl)CC4)CC3)C(C)C)C2)C1.O.O. The number of piperidine rings is 1. The van der Waals surface area contributed by atoms with Crippen molar-refractivity contribution in [2.75, 3.05) is 26.2 Å². The molecular formula is C30H59ClN2O2. The first-order chi connectivity index (χ1) is 16.0. The van der Waals surface area contributed by atoms with Crippen molar-refractivity contribution in [3.8, 4) is 0 Å². The van der Waals surface area contributed by atoms with Gasteiger partial charge in [-0.25, -0.2) is 0 Å². The summed E-state index contributed by atoms with van der Waals surface area (Å²) in [6, 6.07) is 0.656. The average Bonchev–Trinajstić information content (AvgIpc) is 2.83. The summed E-state index contributed by atoms with van der Waals surface area (Å²) in [7, 11) is 0. The standard InChI is InChI=1S/C30H55ClN2.2H2O/c1-22(2)30(21-33-16-14-26(15-17-33)25-10-12-29(31)13-11-25)32-20-24-7-5-9-28(19-24)27-8-4-6-23(3)18-27;;/h22-30,32H,4-21H2,1-3H3;2*1H2/t23?,24?,25?,27?,28?,29?,30-;;/m0../s1. The zero-order valence-corrected chi connectivity index (χ0v) is 24.0. The fraction of sp³-hybridized carbons (Fsp3) is 1.00. The topological polar surface area (TPSA) is 78.3 Å². The second-order valence-electron chi connectivity index (χ2n) is 13.2. The number of likely N-dealkylation sites (tertiary alicyclic amines) is 1. The van der Waals surface area contributed by atoms with Gasteiger partial charge in [0.2, 0.25) is 0 Å². The molecule has 1 saturated heterocycles. The monoisotopic (exact) mass is 514 g/mol. The minimum atomic E-state index is 0. The molecule has 35 heavy (non-hydrogen) atoms. The Kier molecular flexibility index (Phi) is 13.9. The Balaban J connectivity index is 0.00000216. The van der Waals surface area contributed by atoms with Crippen LogP contribution in [0.1, 0.15) is 111 Å². The van der Waals surface area contributed by atoms with Crippen LogP contribution in [0.15, 0.2) is 0 Å². The molecule has 3 saturated carbocycles. The molecule has 1 aliphatic heterocycles. The van der Waals surface area contributed by atoms with Gasteiger partial charge in [-0.3, -0.25) is 0 Å². The molecule has 1 heterocycles. The van der Waals surface area contributed by atoms with Crippen molar-refractivity contribution < 1.29 is 11.0 Å². The molecule has 4 fully saturated rings. The minimum Gasteiger partial charge on any atom is -0.412 e. The van der Waals surface area contributed by atoms with Crippen LogP contribution in [-0.4, -0.2) is 53.5 Å².